The molecule has 0 spiro atoms. The van der Waals surface area contributed by atoms with E-state index < -0.39 is 0 Å². The highest BCUT2D eigenvalue weighted by atomic mass is 32.2. The monoisotopic (exact) mass is 283 g/mol. The lowest BCUT2D eigenvalue weighted by Crippen LogP contribution is -2.36. The number of rotatable bonds is 6. The number of aliphatic hydroxyl groups excluding tert-OH is 1. The first-order chi connectivity index (χ1) is 8.88. The Morgan fingerprint density at radius 1 is 1.37 bits per heavy atom. The quantitative estimate of drug-likeness (QED) is 0.788. The van der Waals surface area contributed by atoms with Crippen LogP contribution in [0.1, 0.15) is 26.3 Å². The number of aliphatic hydroxyl groups is 1. The maximum Gasteiger partial charge on any atom is 0.132 e. The molecule has 0 aliphatic heterocycles. The second-order valence-electron chi connectivity index (χ2n) is 5.70. The molecule has 0 amide bonds. The van der Waals surface area contributed by atoms with Crippen LogP contribution in [0.25, 0.3) is 0 Å². The van der Waals surface area contributed by atoms with Crippen molar-refractivity contribution in [2.24, 2.45) is 5.41 Å². The lowest BCUT2D eigenvalue weighted by atomic mass is 9.89. The number of benzene rings is 1. The summed E-state index contributed by atoms with van der Waals surface area (Å²) in [5.41, 5.74) is 1.11. The van der Waals surface area contributed by atoms with Gasteiger partial charge in [-0.15, -0.1) is 11.8 Å². The van der Waals surface area contributed by atoms with Crippen LogP contribution in [-0.4, -0.2) is 31.1 Å². The summed E-state index contributed by atoms with van der Waals surface area (Å²) in [4.78, 5) is 1.14. The van der Waals surface area contributed by atoms with Gasteiger partial charge in [0.15, 0.2) is 0 Å². The third-order valence-corrected chi connectivity index (χ3v) is 3.87. The maximum atomic E-state index is 9.96. The molecule has 2 N–H and O–H groups in total. The fourth-order valence-corrected chi connectivity index (χ4v) is 2.27. The molecule has 0 saturated carbocycles. The molecular weight excluding hydrogens is 258 g/mol. The van der Waals surface area contributed by atoms with E-state index in [0.29, 0.717) is 6.54 Å². The van der Waals surface area contributed by atoms with E-state index in [1.165, 1.54) is 5.56 Å². The zero-order chi connectivity index (χ0) is 14.5. The van der Waals surface area contributed by atoms with E-state index >= 15 is 0 Å². The van der Waals surface area contributed by atoms with Crippen LogP contribution >= 0.6 is 11.8 Å². The molecule has 0 bridgehead atoms. The summed E-state index contributed by atoms with van der Waals surface area (Å²) in [5, 5.41) is 13.3. The van der Waals surface area contributed by atoms with Crippen LogP contribution < -0.4 is 10.1 Å². The van der Waals surface area contributed by atoms with Crippen molar-refractivity contribution in [1.29, 1.82) is 0 Å². The normalized spacial score (nSPS) is 13.4. The van der Waals surface area contributed by atoms with E-state index in [1.807, 2.05) is 33.1 Å². The number of methoxy groups -OCH3 is 1. The summed E-state index contributed by atoms with van der Waals surface area (Å²) < 4.78 is 5.30. The third kappa shape index (κ3) is 5.05. The van der Waals surface area contributed by atoms with Gasteiger partial charge in [0.05, 0.1) is 13.2 Å². The SMILES string of the molecule is COc1ccc(CNCC(O)C(C)(C)C)cc1SC. The fraction of sp³-hybridized carbons (Fsp3) is 0.600. The predicted octanol–water partition coefficient (Wildman–Crippen LogP) is 2.91. The highest BCUT2D eigenvalue weighted by Gasteiger charge is 2.21. The lowest BCUT2D eigenvalue weighted by molar-refractivity contribution is 0.0627. The molecule has 1 aromatic carbocycles. The minimum Gasteiger partial charge on any atom is -0.496 e. The molecule has 0 aliphatic carbocycles. The van der Waals surface area contributed by atoms with Crippen molar-refractivity contribution in [1.82, 2.24) is 5.32 Å². The molecule has 0 aliphatic rings. The van der Waals surface area contributed by atoms with Crippen molar-refractivity contribution >= 4 is 11.8 Å². The van der Waals surface area contributed by atoms with Gasteiger partial charge in [-0.05, 0) is 29.4 Å². The number of hydrogen-bond donors (Lipinski definition) is 2. The van der Waals surface area contributed by atoms with Crippen LogP contribution in [0.4, 0.5) is 0 Å². The van der Waals surface area contributed by atoms with Crippen molar-refractivity contribution in [3.63, 3.8) is 0 Å². The Morgan fingerprint density at radius 3 is 2.58 bits per heavy atom. The van der Waals surface area contributed by atoms with Gasteiger partial charge in [0.2, 0.25) is 0 Å². The Morgan fingerprint density at radius 2 is 2.05 bits per heavy atom. The molecule has 108 valence electrons. The van der Waals surface area contributed by atoms with Crippen molar-refractivity contribution in [3.05, 3.63) is 23.8 Å². The highest BCUT2D eigenvalue weighted by Crippen LogP contribution is 2.28. The predicted molar refractivity (Wildman–Crippen MR) is 81.9 cm³/mol. The van der Waals surface area contributed by atoms with E-state index in [1.54, 1.807) is 18.9 Å². The Labute approximate surface area is 120 Å². The first-order valence-corrected chi connectivity index (χ1v) is 7.70. The minimum absolute atomic E-state index is 0.0860. The largest absolute Gasteiger partial charge is 0.496 e. The lowest BCUT2D eigenvalue weighted by Gasteiger charge is -2.26. The maximum absolute atomic E-state index is 9.96. The topological polar surface area (TPSA) is 41.5 Å². The zero-order valence-corrected chi connectivity index (χ0v) is 13.3. The molecule has 0 heterocycles. The molecule has 0 saturated heterocycles. The molecule has 1 aromatic rings. The summed E-state index contributed by atoms with van der Waals surface area (Å²) in [6.07, 6.45) is 1.70. The fourth-order valence-electron chi connectivity index (χ4n) is 1.65. The Kier molecular flexibility index (Phi) is 6.17. The van der Waals surface area contributed by atoms with E-state index in [9.17, 15) is 5.11 Å². The molecular formula is C15H25NO2S. The Balaban J connectivity index is 2.54. The second kappa shape index (κ2) is 7.17. The average molecular weight is 283 g/mol. The van der Waals surface area contributed by atoms with E-state index in [0.717, 1.165) is 17.2 Å². The van der Waals surface area contributed by atoms with Gasteiger partial charge in [0, 0.05) is 18.0 Å². The Hall–Kier alpha value is -0.710. The Bertz CT molecular complexity index is 402. The van der Waals surface area contributed by atoms with E-state index in [2.05, 4.69) is 17.4 Å². The van der Waals surface area contributed by atoms with Crippen LogP contribution in [0.5, 0.6) is 5.75 Å². The summed E-state index contributed by atoms with van der Waals surface area (Å²) in [6.45, 7) is 7.48. The minimum atomic E-state index is -0.342. The first-order valence-electron chi connectivity index (χ1n) is 6.48. The molecule has 1 unspecified atom stereocenters. The number of nitrogens with one attached hydrogen (secondary N) is 1. The van der Waals surface area contributed by atoms with E-state index in [-0.39, 0.29) is 11.5 Å². The van der Waals surface area contributed by atoms with Gasteiger partial charge in [-0.1, -0.05) is 26.8 Å². The molecule has 1 rings (SSSR count). The number of hydrogen-bond acceptors (Lipinski definition) is 4. The second-order valence-corrected chi connectivity index (χ2v) is 6.55. The van der Waals surface area contributed by atoms with Gasteiger partial charge < -0.3 is 15.2 Å². The van der Waals surface area contributed by atoms with Gasteiger partial charge in [-0.2, -0.15) is 0 Å². The molecule has 19 heavy (non-hydrogen) atoms. The molecule has 1 atom stereocenters. The van der Waals surface area contributed by atoms with Crippen LogP contribution in [0.15, 0.2) is 23.1 Å². The van der Waals surface area contributed by atoms with Crippen molar-refractivity contribution in [3.8, 4) is 5.75 Å². The molecule has 3 nitrogen and oxygen atoms in total. The van der Waals surface area contributed by atoms with Gasteiger partial charge in [-0.25, -0.2) is 0 Å². The highest BCUT2D eigenvalue weighted by molar-refractivity contribution is 7.98. The summed E-state index contributed by atoms with van der Waals surface area (Å²) in [7, 11) is 1.69. The molecule has 0 radical (unpaired) electrons. The summed E-state index contributed by atoms with van der Waals surface area (Å²) in [6, 6.07) is 6.16. The standard InChI is InChI=1S/C15H25NO2S/c1-15(2,3)14(17)10-16-9-11-6-7-12(18-4)13(8-11)19-5/h6-8,14,16-17H,9-10H2,1-5H3. The summed E-state index contributed by atoms with van der Waals surface area (Å²) >= 11 is 1.68. The van der Waals surface area contributed by atoms with Crippen molar-refractivity contribution < 1.29 is 9.84 Å². The van der Waals surface area contributed by atoms with E-state index in [4.69, 9.17) is 4.74 Å². The molecule has 4 heteroatoms. The first kappa shape index (κ1) is 16.3. The van der Waals surface area contributed by atoms with Crippen LogP contribution in [0, 0.1) is 5.41 Å². The molecule has 0 fully saturated rings. The van der Waals surface area contributed by atoms with Crippen LogP contribution in [0.3, 0.4) is 0 Å². The van der Waals surface area contributed by atoms with Gasteiger partial charge in [-0.3, -0.25) is 0 Å². The number of ether oxygens (including phenoxy) is 1. The van der Waals surface area contributed by atoms with Crippen molar-refractivity contribution in [2.45, 2.75) is 38.3 Å². The number of thioether (sulfide) groups is 1. The van der Waals surface area contributed by atoms with Crippen LogP contribution in [-0.2, 0) is 6.54 Å². The van der Waals surface area contributed by atoms with Gasteiger partial charge in [0.25, 0.3) is 0 Å². The van der Waals surface area contributed by atoms with Crippen molar-refractivity contribution in [2.75, 3.05) is 19.9 Å². The smallest absolute Gasteiger partial charge is 0.132 e. The van der Waals surface area contributed by atoms with Gasteiger partial charge >= 0.3 is 0 Å². The van der Waals surface area contributed by atoms with Gasteiger partial charge in [0.1, 0.15) is 5.75 Å². The average Bonchev–Trinajstić information content (AvgIpc) is 2.37. The third-order valence-electron chi connectivity index (χ3n) is 3.11. The summed E-state index contributed by atoms with van der Waals surface area (Å²) in [5.74, 6) is 0.908. The molecule has 0 aromatic heterocycles. The zero-order valence-electron chi connectivity index (χ0n) is 12.5. The van der Waals surface area contributed by atoms with Crippen LogP contribution in [0.2, 0.25) is 0 Å².